The molecule has 0 bridgehead atoms. The number of phosphoric acid groups is 1. The van der Waals surface area contributed by atoms with Gasteiger partial charge < -0.3 is 13.8 Å². The lowest BCUT2D eigenvalue weighted by Crippen LogP contribution is -2.34. The summed E-state index contributed by atoms with van der Waals surface area (Å²) in [5.41, 5.74) is 2.15. The standard InChI is InChI=1S/C34H41ClNO5P/c1-2-3-4-5-6-7-8-9-10-13-26-39-34-31(35)18-14-20-33(34)41-42(37,38)40-30-23-21-28(22-24-30)27-36-25-15-17-29-16-11-12-19-32(29)36/h11-12,14-25H,2-10,13,26-27H2,1H3/p+1. The average molecular weight is 611 g/mol. The van der Waals surface area contributed by atoms with Crippen LogP contribution in [0.4, 0.5) is 0 Å². The van der Waals surface area contributed by atoms with Gasteiger partial charge in [-0.15, -0.1) is 0 Å². The molecular weight excluding hydrogens is 569 g/mol. The summed E-state index contributed by atoms with van der Waals surface area (Å²) in [6.45, 7) is 3.34. The van der Waals surface area contributed by atoms with Crippen molar-refractivity contribution in [1.29, 1.82) is 0 Å². The summed E-state index contributed by atoms with van der Waals surface area (Å²) < 4.78 is 31.7. The third-order valence-electron chi connectivity index (χ3n) is 7.17. The van der Waals surface area contributed by atoms with Crippen molar-refractivity contribution in [2.75, 3.05) is 6.61 Å². The van der Waals surface area contributed by atoms with E-state index in [9.17, 15) is 9.46 Å². The molecular formula is C34H42ClNO5P+. The predicted molar refractivity (Wildman–Crippen MR) is 170 cm³/mol. The molecule has 0 aliphatic rings. The fourth-order valence-electron chi connectivity index (χ4n) is 4.95. The highest BCUT2D eigenvalue weighted by Gasteiger charge is 2.28. The maximum atomic E-state index is 12.9. The summed E-state index contributed by atoms with van der Waals surface area (Å²) in [5, 5.41) is 1.47. The average Bonchev–Trinajstić information content (AvgIpc) is 2.98. The summed E-state index contributed by atoms with van der Waals surface area (Å²) in [7, 11) is -4.51. The van der Waals surface area contributed by atoms with Crippen LogP contribution >= 0.6 is 19.4 Å². The number of halogens is 1. The molecule has 0 saturated carbocycles. The minimum absolute atomic E-state index is 0.0735. The van der Waals surface area contributed by atoms with Crippen molar-refractivity contribution in [3.63, 3.8) is 0 Å². The van der Waals surface area contributed by atoms with E-state index in [1.54, 1.807) is 30.3 Å². The smallest absolute Gasteiger partial charge is 0.488 e. The van der Waals surface area contributed by atoms with E-state index in [1.165, 1.54) is 51.4 Å². The SMILES string of the molecule is CCCCCCCCCCCCOc1c(Cl)cccc1OP(=O)(O)Oc1ccc(C[n+]2cccc3ccccc32)cc1. The molecule has 4 aromatic rings. The maximum absolute atomic E-state index is 12.9. The molecule has 8 heteroatoms. The molecule has 0 aliphatic carbocycles. The van der Waals surface area contributed by atoms with Crippen LogP contribution in [-0.2, 0) is 11.1 Å². The summed E-state index contributed by atoms with van der Waals surface area (Å²) >= 11 is 6.35. The van der Waals surface area contributed by atoms with Crippen LogP contribution in [0.2, 0.25) is 5.02 Å². The zero-order valence-corrected chi connectivity index (χ0v) is 26.1. The van der Waals surface area contributed by atoms with Gasteiger partial charge in [-0.3, -0.25) is 4.89 Å². The van der Waals surface area contributed by atoms with Gasteiger partial charge in [0, 0.05) is 23.1 Å². The molecule has 0 radical (unpaired) electrons. The van der Waals surface area contributed by atoms with Crippen molar-refractivity contribution in [1.82, 2.24) is 0 Å². The zero-order chi connectivity index (χ0) is 29.6. The van der Waals surface area contributed by atoms with Gasteiger partial charge in [-0.25, -0.2) is 4.57 Å². The van der Waals surface area contributed by atoms with Gasteiger partial charge in [-0.2, -0.15) is 4.57 Å². The van der Waals surface area contributed by atoms with Crippen molar-refractivity contribution < 1.29 is 27.8 Å². The first-order chi connectivity index (χ1) is 20.4. The molecule has 3 aromatic carbocycles. The third kappa shape index (κ3) is 10.0. The highest BCUT2D eigenvalue weighted by atomic mass is 35.5. The van der Waals surface area contributed by atoms with Crippen LogP contribution < -0.4 is 18.4 Å². The number of aromatic nitrogens is 1. The lowest BCUT2D eigenvalue weighted by Gasteiger charge is -2.17. The Morgan fingerprint density at radius 1 is 0.762 bits per heavy atom. The number of rotatable bonds is 18. The molecule has 224 valence electrons. The Hall–Kier alpha value is -3.05. The van der Waals surface area contributed by atoms with Crippen LogP contribution in [0, 0.1) is 0 Å². The predicted octanol–water partition coefficient (Wildman–Crippen LogP) is 9.69. The zero-order valence-electron chi connectivity index (χ0n) is 24.4. The number of phosphoric ester groups is 1. The minimum atomic E-state index is -4.51. The molecule has 0 spiro atoms. The van der Waals surface area contributed by atoms with E-state index in [1.807, 2.05) is 36.5 Å². The fraction of sp³-hybridized carbons (Fsp3) is 0.382. The summed E-state index contributed by atoms with van der Waals surface area (Å²) in [6.07, 6.45) is 14.3. The Kier molecular flexibility index (Phi) is 12.6. The number of para-hydroxylation sites is 2. The second kappa shape index (κ2) is 16.6. The van der Waals surface area contributed by atoms with Gasteiger partial charge >= 0.3 is 7.82 Å². The fourth-order valence-corrected chi connectivity index (χ4v) is 5.99. The van der Waals surface area contributed by atoms with E-state index in [2.05, 4.69) is 29.7 Å². The van der Waals surface area contributed by atoms with E-state index >= 15 is 0 Å². The molecule has 1 atom stereocenters. The molecule has 1 aromatic heterocycles. The van der Waals surface area contributed by atoms with Crippen LogP contribution in [0.5, 0.6) is 17.2 Å². The van der Waals surface area contributed by atoms with Crippen molar-refractivity contribution >= 4 is 30.3 Å². The van der Waals surface area contributed by atoms with E-state index in [4.69, 9.17) is 25.4 Å². The molecule has 1 N–H and O–H groups in total. The summed E-state index contributed by atoms with van der Waals surface area (Å²) in [4.78, 5) is 10.5. The van der Waals surface area contributed by atoms with Crippen LogP contribution in [0.15, 0.2) is 85.1 Å². The normalized spacial score (nSPS) is 12.6. The van der Waals surface area contributed by atoms with Crippen LogP contribution in [0.25, 0.3) is 10.9 Å². The molecule has 4 rings (SSSR count). The van der Waals surface area contributed by atoms with Gasteiger partial charge in [0.15, 0.2) is 24.2 Å². The lowest BCUT2D eigenvalue weighted by molar-refractivity contribution is -0.662. The quantitative estimate of drug-likeness (QED) is 0.0690. The molecule has 0 amide bonds. The van der Waals surface area contributed by atoms with E-state index in [0.717, 1.165) is 29.3 Å². The maximum Gasteiger partial charge on any atom is 0.585 e. The number of pyridine rings is 1. The number of hydrogen-bond donors (Lipinski definition) is 1. The molecule has 0 saturated heterocycles. The topological polar surface area (TPSA) is 68.9 Å². The first kappa shape index (κ1) is 31.9. The summed E-state index contributed by atoms with van der Waals surface area (Å²) in [5.74, 6) is 0.544. The minimum Gasteiger partial charge on any atom is -0.488 e. The first-order valence-electron chi connectivity index (χ1n) is 15.0. The van der Waals surface area contributed by atoms with Gasteiger partial charge in [0.2, 0.25) is 5.52 Å². The van der Waals surface area contributed by atoms with E-state index in [0.29, 0.717) is 18.2 Å². The lowest BCUT2D eigenvalue weighted by atomic mass is 10.1. The van der Waals surface area contributed by atoms with Crippen molar-refractivity contribution in [2.45, 2.75) is 77.7 Å². The molecule has 0 aliphatic heterocycles. The largest absolute Gasteiger partial charge is 0.585 e. The molecule has 1 heterocycles. The number of unbranched alkanes of at least 4 members (excludes halogenated alkanes) is 9. The summed E-state index contributed by atoms with van der Waals surface area (Å²) in [6, 6.07) is 24.2. The Labute approximate surface area is 254 Å². The number of benzene rings is 3. The van der Waals surface area contributed by atoms with E-state index in [-0.39, 0.29) is 17.2 Å². The van der Waals surface area contributed by atoms with Gasteiger partial charge in [-0.05, 0) is 55.0 Å². The first-order valence-corrected chi connectivity index (χ1v) is 16.9. The highest BCUT2D eigenvalue weighted by Crippen LogP contribution is 2.48. The van der Waals surface area contributed by atoms with E-state index < -0.39 is 7.82 Å². The Bertz CT molecular complexity index is 1440. The number of hydrogen-bond acceptors (Lipinski definition) is 4. The monoisotopic (exact) mass is 610 g/mol. The Balaban J connectivity index is 1.26. The molecule has 42 heavy (non-hydrogen) atoms. The second-order valence-corrected chi connectivity index (χ2v) is 12.3. The number of ether oxygens (including phenoxy) is 1. The number of nitrogens with zero attached hydrogens (tertiary/aromatic N) is 1. The van der Waals surface area contributed by atoms with Gasteiger partial charge in [0.25, 0.3) is 0 Å². The van der Waals surface area contributed by atoms with Gasteiger partial charge in [0.1, 0.15) is 5.75 Å². The second-order valence-electron chi connectivity index (χ2n) is 10.6. The molecule has 6 nitrogen and oxygen atoms in total. The van der Waals surface area contributed by atoms with Crippen molar-refractivity contribution in [3.8, 4) is 17.2 Å². The van der Waals surface area contributed by atoms with Crippen molar-refractivity contribution in [3.05, 3.63) is 95.6 Å². The van der Waals surface area contributed by atoms with Gasteiger partial charge in [0.05, 0.1) is 11.6 Å². The third-order valence-corrected chi connectivity index (χ3v) is 8.34. The Morgan fingerprint density at radius 2 is 1.43 bits per heavy atom. The van der Waals surface area contributed by atoms with Gasteiger partial charge in [-0.1, -0.05) is 94.5 Å². The number of fused-ring (bicyclic) bond motifs is 1. The van der Waals surface area contributed by atoms with Crippen LogP contribution in [0.3, 0.4) is 0 Å². The Morgan fingerprint density at radius 3 is 2.17 bits per heavy atom. The molecule has 1 unspecified atom stereocenters. The van der Waals surface area contributed by atoms with Crippen LogP contribution in [0.1, 0.15) is 76.7 Å². The van der Waals surface area contributed by atoms with Crippen LogP contribution in [-0.4, -0.2) is 11.5 Å². The molecule has 0 fully saturated rings. The van der Waals surface area contributed by atoms with Crippen molar-refractivity contribution in [2.24, 2.45) is 0 Å². The highest BCUT2D eigenvalue weighted by molar-refractivity contribution is 7.48.